The summed E-state index contributed by atoms with van der Waals surface area (Å²) in [5, 5.41) is 3.92. The Labute approximate surface area is 89.3 Å². The molecule has 0 saturated heterocycles. The van der Waals surface area contributed by atoms with E-state index in [1.165, 1.54) is 6.08 Å². The summed E-state index contributed by atoms with van der Waals surface area (Å²) in [6.45, 7) is 2.19. The lowest BCUT2D eigenvalue weighted by atomic mass is 10.3. The van der Waals surface area contributed by atoms with E-state index in [4.69, 9.17) is 4.74 Å². The highest BCUT2D eigenvalue weighted by Gasteiger charge is 1.97. The van der Waals surface area contributed by atoms with Gasteiger partial charge in [-0.3, -0.25) is 0 Å². The number of esters is 1. The van der Waals surface area contributed by atoms with Gasteiger partial charge in [0.1, 0.15) is 0 Å². The monoisotopic (exact) mass is 260 g/mol. The predicted octanol–water partition coefficient (Wildman–Crippen LogP) is 3.09. The summed E-state index contributed by atoms with van der Waals surface area (Å²) in [6, 6.07) is 0. The number of rotatable bonds is 3. The molecule has 0 aliphatic carbocycles. The number of thiophene rings is 1. The van der Waals surface area contributed by atoms with Gasteiger partial charge in [0.05, 0.1) is 6.61 Å². The van der Waals surface area contributed by atoms with Crippen molar-refractivity contribution in [3.63, 3.8) is 0 Å². The van der Waals surface area contributed by atoms with Crippen molar-refractivity contribution in [2.45, 2.75) is 6.92 Å². The van der Waals surface area contributed by atoms with Crippen molar-refractivity contribution >= 4 is 39.3 Å². The lowest BCUT2D eigenvalue weighted by Crippen LogP contribution is -1.98. The molecule has 0 atom stereocenters. The zero-order valence-corrected chi connectivity index (χ0v) is 9.52. The van der Waals surface area contributed by atoms with E-state index in [-0.39, 0.29) is 5.97 Å². The molecule has 0 fully saturated rings. The molecule has 0 amide bonds. The second kappa shape index (κ2) is 5.19. The molecule has 0 aromatic carbocycles. The van der Waals surface area contributed by atoms with E-state index in [1.54, 1.807) is 24.3 Å². The SMILES string of the molecule is CCOC(=O)C=Cc1cscc1Br. The van der Waals surface area contributed by atoms with E-state index >= 15 is 0 Å². The van der Waals surface area contributed by atoms with Gasteiger partial charge >= 0.3 is 5.97 Å². The van der Waals surface area contributed by atoms with E-state index in [9.17, 15) is 4.79 Å². The van der Waals surface area contributed by atoms with Gasteiger partial charge in [-0.15, -0.1) is 0 Å². The smallest absolute Gasteiger partial charge is 0.330 e. The lowest BCUT2D eigenvalue weighted by molar-refractivity contribution is -0.137. The van der Waals surface area contributed by atoms with Crippen LogP contribution in [-0.2, 0) is 9.53 Å². The second-order valence-electron chi connectivity index (χ2n) is 2.26. The Hall–Kier alpha value is -0.610. The van der Waals surface area contributed by atoms with Crippen molar-refractivity contribution in [2.24, 2.45) is 0 Å². The van der Waals surface area contributed by atoms with Crippen LogP contribution in [0.1, 0.15) is 12.5 Å². The van der Waals surface area contributed by atoms with Crippen LogP contribution in [0.4, 0.5) is 0 Å². The third kappa shape index (κ3) is 3.32. The maximum absolute atomic E-state index is 10.9. The van der Waals surface area contributed by atoms with E-state index in [0.29, 0.717) is 6.61 Å². The fourth-order valence-corrected chi connectivity index (χ4v) is 2.16. The minimum Gasteiger partial charge on any atom is -0.463 e. The molecule has 1 aromatic heterocycles. The zero-order chi connectivity index (χ0) is 9.68. The molecule has 4 heteroatoms. The first-order valence-electron chi connectivity index (χ1n) is 3.80. The molecule has 2 nitrogen and oxygen atoms in total. The van der Waals surface area contributed by atoms with Gasteiger partial charge in [0.2, 0.25) is 0 Å². The maximum Gasteiger partial charge on any atom is 0.330 e. The third-order valence-electron chi connectivity index (χ3n) is 1.33. The third-order valence-corrected chi connectivity index (χ3v) is 3.08. The molecule has 70 valence electrons. The topological polar surface area (TPSA) is 26.3 Å². The molecule has 0 radical (unpaired) electrons. The molecule has 0 bridgehead atoms. The Kier molecular flexibility index (Phi) is 4.18. The summed E-state index contributed by atoms with van der Waals surface area (Å²) in [7, 11) is 0. The van der Waals surface area contributed by atoms with E-state index in [0.717, 1.165) is 10.0 Å². The molecule has 0 aliphatic heterocycles. The first-order chi connectivity index (χ1) is 6.24. The molecule has 13 heavy (non-hydrogen) atoms. The van der Waals surface area contributed by atoms with Crippen molar-refractivity contribution in [1.82, 2.24) is 0 Å². The van der Waals surface area contributed by atoms with Crippen LogP contribution in [0.5, 0.6) is 0 Å². The van der Waals surface area contributed by atoms with Crippen molar-refractivity contribution in [1.29, 1.82) is 0 Å². The average molecular weight is 261 g/mol. The van der Waals surface area contributed by atoms with Gasteiger partial charge in [0.15, 0.2) is 0 Å². The molecular formula is C9H9BrO2S. The average Bonchev–Trinajstić information content (AvgIpc) is 2.48. The lowest BCUT2D eigenvalue weighted by Gasteiger charge is -1.93. The molecule has 0 aliphatic rings. The number of carbonyl (C=O) groups excluding carboxylic acids is 1. The summed E-state index contributed by atoms with van der Waals surface area (Å²) in [6.07, 6.45) is 3.16. The first-order valence-corrected chi connectivity index (χ1v) is 5.54. The van der Waals surface area contributed by atoms with Crippen molar-refractivity contribution in [3.05, 3.63) is 26.9 Å². The van der Waals surface area contributed by atoms with Crippen LogP contribution in [0.25, 0.3) is 6.08 Å². The van der Waals surface area contributed by atoms with E-state index in [1.807, 2.05) is 10.8 Å². The minimum absolute atomic E-state index is 0.305. The molecule has 0 N–H and O–H groups in total. The minimum atomic E-state index is -0.305. The fourth-order valence-electron chi connectivity index (χ4n) is 0.758. The highest BCUT2D eigenvalue weighted by molar-refractivity contribution is 9.10. The van der Waals surface area contributed by atoms with Gasteiger partial charge in [-0.05, 0) is 39.9 Å². The summed E-state index contributed by atoms with van der Waals surface area (Å²) in [4.78, 5) is 10.9. The number of hydrogen-bond acceptors (Lipinski definition) is 3. The van der Waals surface area contributed by atoms with E-state index in [2.05, 4.69) is 15.9 Å². The number of halogens is 1. The van der Waals surface area contributed by atoms with Gasteiger partial charge in [-0.25, -0.2) is 4.79 Å². The number of hydrogen-bond donors (Lipinski definition) is 0. The summed E-state index contributed by atoms with van der Waals surface area (Å²) >= 11 is 4.94. The van der Waals surface area contributed by atoms with Crippen molar-refractivity contribution in [3.8, 4) is 0 Å². The highest BCUT2D eigenvalue weighted by Crippen LogP contribution is 2.22. The molecular weight excluding hydrogens is 252 g/mol. The number of carbonyl (C=O) groups is 1. The normalized spacial score (nSPS) is 10.6. The van der Waals surface area contributed by atoms with Crippen LogP contribution >= 0.6 is 27.3 Å². The summed E-state index contributed by atoms with van der Waals surface area (Å²) in [5.74, 6) is -0.305. The summed E-state index contributed by atoms with van der Waals surface area (Å²) < 4.78 is 5.74. The summed E-state index contributed by atoms with van der Waals surface area (Å²) in [5.41, 5.74) is 0.998. The van der Waals surface area contributed by atoms with Gasteiger partial charge in [-0.1, -0.05) is 0 Å². The predicted molar refractivity (Wildman–Crippen MR) is 57.7 cm³/mol. The second-order valence-corrected chi connectivity index (χ2v) is 3.86. The van der Waals surface area contributed by atoms with E-state index < -0.39 is 0 Å². The van der Waals surface area contributed by atoms with Gasteiger partial charge in [0, 0.05) is 15.9 Å². The zero-order valence-electron chi connectivity index (χ0n) is 7.12. The van der Waals surface area contributed by atoms with Crippen LogP contribution in [-0.4, -0.2) is 12.6 Å². The Morgan fingerprint density at radius 2 is 2.46 bits per heavy atom. The maximum atomic E-state index is 10.9. The van der Waals surface area contributed by atoms with Crippen LogP contribution < -0.4 is 0 Å². The highest BCUT2D eigenvalue weighted by atomic mass is 79.9. The molecule has 0 saturated carbocycles. The van der Waals surface area contributed by atoms with Crippen LogP contribution in [0, 0.1) is 0 Å². The molecule has 0 unspecified atom stereocenters. The van der Waals surface area contributed by atoms with Gasteiger partial charge in [0.25, 0.3) is 0 Å². The Balaban J connectivity index is 2.58. The van der Waals surface area contributed by atoms with Gasteiger partial charge in [-0.2, -0.15) is 11.3 Å². The first kappa shape index (κ1) is 10.5. The molecule has 0 spiro atoms. The van der Waals surface area contributed by atoms with Crippen LogP contribution in [0.15, 0.2) is 21.3 Å². The van der Waals surface area contributed by atoms with Crippen molar-refractivity contribution in [2.75, 3.05) is 6.61 Å². The molecule has 1 heterocycles. The Morgan fingerprint density at radius 1 is 1.69 bits per heavy atom. The molecule has 1 rings (SSSR count). The molecule has 1 aromatic rings. The number of ether oxygens (including phenoxy) is 1. The Bertz CT molecular complexity index is 317. The largest absolute Gasteiger partial charge is 0.463 e. The van der Waals surface area contributed by atoms with Crippen molar-refractivity contribution < 1.29 is 9.53 Å². The van der Waals surface area contributed by atoms with Gasteiger partial charge < -0.3 is 4.74 Å². The van der Waals surface area contributed by atoms with Crippen LogP contribution in [0.2, 0.25) is 0 Å². The quantitative estimate of drug-likeness (QED) is 0.617. The fraction of sp³-hybridized carbons (Fsp3) is 0.222. The standard InChI is InChI=1S/C9H9BrO2S/c1-2-12-9(11)4-3-7-5-13-6-8(7)10/h3-6H,2H2,1H3. The van der Waals surface area contributed by atoms with Crippen LogP contribution in [0.3, 0.4) is 0 Å². The Morgan fingerprint density at radius 3 is 3.00 bits per heavy atom.